The summed E-state index contributed by atoms with van der Waals surface area (Å²) in [5, 5.41) is 12.1. The molecule has 0 aliphatic carbocycles. The molecule has 3 N–H and O–H groups in total. The summed E-state index contributed by atoms with van der Waals surface area (Å²) >= 11 is 0. The van der Waals surface area contributed by atoms with E-state index in [1.165, 1.54) is 0 Å². The molecule has 1 aromatic heterocycles. The summed E-state index contributed by atoms with van der Waals surface area (Å²) in [5.74, 6) is 0.805. The van der Waals surface area contributed by atoms with E-state index in [0.717, 1.165) is 0 Å². The first-order chi connectivity index (χ1) is 4.74. The van der Waals surface area contributed by atoms with E-state index < -0.39 is 6.04 Å². The molecule has 1 unspecified atom stereocenters. The maximum absolute atomic E-state index is 8.54. The minimum Gasteiger partial charge on any atom is -0.394 e. The highest BCUT2D eigenvalue weighted by Crippen LogP contribution is 2.04. The maximum atomic E-state index is 8.54. The molecule has 0 bridgehead atoms. The Morgan fingerprint density at radius 1 is 1.73 bits per heavy atom. The van der Waals surface area contributed by atoms with Gasteiger partial charge in [-0.05, 0) is 6.92 Å². The number of aliphatic hydroxyl groups excluding tert-OH is 1. The first-order valence-corrected chi connectivity index (χ1v) is 2.90. The van der Waals surface area contributed by atoms with E-state index in [1.54, 1.807) is 6.92 Å². The number of hydrogen-bond acceptors (Lipinski definition) is 5. The van der Waals surface area contributed by atoms with E-state index in [4.69, 9.17) is 10.8 Å². The number of nitrogens with zero attached hydrogens (tertiary/aromatic N) is 2. The van der Waals surface area contributed by atoms with Gasteiger partial charge in [0, 0.05) is 0 Å². The van der Waals surface area contributed by atoms with Gasteiger partial charge in [-0.2, -0.15) is 4.98 Å². The molecule has 0 aromatic carbocycles. The third kappa shape index (κ3) is 2.45. The van der Waals surface area contributed by atoms with Crippen LogP contribution in [0.4, 0.5) is 0 Å². The van der Waals surface area contributed by atoms with Crippen LogP contribution >= 0.6 is 12.4 Å². The highest BCUT2D eigenvalue weighted by Gasteiger charge is 2.10. The average molecular weight is 180 g/mol. The Bertz CT molecular complexity index is 215. The zero-order chi connectivity index (χ0) is 7.56. The quantitative estimate of drug-likeness (QED) is 0.657. The first-order valence-electron chi connectivity index (χ1n) is 2.90. The monoisotopic (exact) mass is 179 g/mol. The lowest BCUT2D eigenvalue weighted by Crippen LogP contribution is -2.14. The number of aryl methyl sites for hydroxylation is 1. The third-order valence-electron chi connectivity index (χ3n) is 1.06. The van der Waals surface area contributed by atoms with Crippen LogP contribution in [0.1, 0.15) is 17.8 Å². The van der Waals surface area contributed by atoms with Crippen LogP contribution in [0, 0.1) is 6.92 Å². The smallest absolute Gasteiger partial charge is 0.245 e. The molecule has 1 aromatic rings. The van der Waals surface area contributed by atoms with E-state index in [2.05, 4.69) is 14.7 Å². The van der Waals surface area contributed by atoms with Gasteiger partial charge in [-0.1, -0.05) is 5.16 Å². The number of aliphatic hydroxyl groups is 1. The van der Waals surface area contributed by atoms with Gasteiger partial charge in [-0.15, -0.1) is 12.4 Å². The van der Waals surface area contributed by atoms with Crippen molar-refractivity contribution in [2.24, 2.45) is 5.73 Å². The molecule has 64 valence electrons. The van der Waals surface area contributed by atoms with E-state index in [1.807, 2.05) is 0 Å². The highest BCUT2D eigenvalue weighted by atomic mass is 35.5. The van der Waals surface area contributed by atoms with Gasteiger partial charge in [0.05, 0.1) is 6.61 Å². The van der Waals surface area contributed by atoms with Gasteiger partial charge in [0.25, 0.3) is 0 Å². The van der Waals surface area contributed by atoms with E-state index in [-0.39, 0.29) is 24.9 Å². The Morgan fingerprint density at radius 3 is 2.73 bits per heavy atom. The Morgan fingerprint density at radius 2 is 2.36 bits per heavy atom. The second-order valence-corrected chi connectivity index (χ2v) is 1.97. The van der Waals surface area contributed by atoms with Gasteiger partial charge >= 0.3 is 0 Å². The fraction of sp³-hybridized carbons (Fsp3) is 0.600. The minimum atomic E-state index is -0.554. The molecule has 0 saturated carbocycles. The SMILES string of the molecule is Cc1noc(C(N)CO)n1.Cl. The van der Waals surface area contributed by atoms with Crippen molar-refractivity contribution in [3.05, 3.63) is 11.7 Å². The molecule has 1 rings (SSSR count). The van der Waals surface area contributed by atoms with Crippen molar-refractivity contribution in [1.29, 1.82) is 0 Å². The molecule has 0 amide bonds. The molecular formula is C5H10ClN3O2. The van der Waals surface area contributed by atoms with Crippen molar-refractivity contribution in [2.75, 3.05) is 6.61 Å². The van der Waals surface area contributed by atoms with Crippen molar-refractivity contribution < 1.29 is 9.63 Å². The number of nitrogens with two attached hydrogens (primary N) is 1. The molecule has 0 saturated heterocycles. The third-order valence-corrected chi connectivity index (χ3v) is 1.06. The van der Waals surface area contributed by atoms with Gasteiger partial charge in [0.15, 0.2) is 5.82 Å². The van der Waals surface area contributed by atoms with Gasteiger partial charge in [0.2, 0.25) is 5.89 Å². The van der Waals surface area contributed by atoms with Crippen molar-refractivity contribution >= 4 is 12.4 Å². The van der Waals surface area contributed by atoms with Crippen LogP contribution in [-0.2, 0) is 0 Å². The second kappa shape index (κ2) is 4.27. The van der Waals surface area contributed by atoms with Gasteiger partial charge < -0.3 is 15.4 Å². The minimum absolute atomic E-state index is 0. The number of hydrogen-bond donors (Lipinski definition) is 2. The van der Waals surface area contributed by atoms with Gasteiger partial charge in [0.1, 0.15) is 6.04 Å². The summed E-state index contributed by atoms with van der Waals surface area (Å²) in [5.41, 5.74) is 5.36. The number of rotatable bonds is 2. The zero-order valence-electron chi connectivity index (χ0n) is 6.02. The fourth-order valence-corrected chi connectivity index (χ4v) is 0.542. The predicted octanol–water partition coefficient (Wildman–Crippen LogP) is -0.208. The number of halogens is 1. The molecule has 0 aliphatic rings. The zero-order valence-corrected chi connectivity index (χ0v) is 6.84. The topological polar surface area (TPSA) is 85.2 Å². The summed E-state index contributed by atoms with van der Waals surface area (Å²) < 4.78 is 4.67. The lowest BCUT2D eigenvalue weighted by molar-refractivity contribution is 0.236. The van der Waals surface area contributed by atoms with Gasteiger partial charge in [-0.25, -0.2) is 0 Å². The van der Waals surface area contributed by atoms with Crippen molar-refractivity contribution in [3.8, 4) is 0 Å². The first kappa shape index (κ1) is 10.3. The predicted molar refractivity (Wildman–Crippen MR) is 40.3 cm³/mol. The van der Waals surface area contributed by atoms with Crippen LogP contribution in [0.15, 0.2) is 4.52 Å². The maximum Gasteiger partial charge on any atom is 0.245 e. The number of aromatic nitrogens is 2. The molecule has 0 aliphatic heterocycles. The van der Waals surface area contributed by atoms with E-state index in [9.17, 15) is 0 Å². The molecule has 0 spiro atoms. The van der Waals surface area contributed by atoms with Gasteiger partial charge in [-0.3, -0.25) is 0 Å². The lowest BCUT2D eigenvalue weighted by Gasteiger charge is -1.97. The summed E-state index contributed by atoms with van der Waals surface area (Å²) in [7, 11) is 0. The molecule has 0 radical (unpaired) electrons. The molecule has 1 heterocycles. The van der Waals surface area contributed by atoms with Crippen molar-refractivity contribution in [3.63, 3.8) is 0 Å². The van der Waals surface area contributed by atoms with Crippen molar-refractivity contribution in [1.82, 2.24) is 10.1 Å². The largest absolute Gasteiger partial charge is 0.394 e. The Labute approximate surface area is 70.0 Å². The van der Waals surface area contributed by atoms with Crippen LogP contribution in [0.3, 0.4) is 0 Å². The van der Waals surface area contributed by atoms with Crippen LogP contribution < -0.4 is 5.73 Å². The molecule has 5 nitrogen and oxygen atoms in total. The molecular weight excluding hydrogens is 170 g/mol. The van der Waals surface area contributed by atoms with Crippen molar-refractivity contribution in [2.45, 2.75) is 13.0 Å². The standard InChI is InChI=1S/C5H9N3O2.ClH/c1-3-7-5(10-8-3)4(6)2-9;/h4,9H,2,6H2,1H3;1H. The molecule has 6 heteroatoms. The summed E-state index contributed by atoms with van der Waals surface area (Å²) in [6, 6.07) is -0.554. The molecule has 1 atom stereocenters. The lowest BCUT2D eigenvalue weighted by atomic mass is 10.3. The Kier molecular flexibility index (Phi) is 4.02. The van der Waals surface area contributed by atoms with Crippen LogP contribution in [0.25, 0.3) is 0 Å². The summed E-state index contributed by atoms with van der Waals surface area (Å²) in [6.45, 7) is 1.51. The Balaban J connectivity index is 0.000001000. The van der Waals surface area contributed by atoms with Crippen LogP contribution in [-0.4, -0.2) is 21.9 Å². The van der Waals surface area contributed by atoms with Crippen LogP contribution in [0.5, 0.6) is 0 Å². The fourth-order valence-electron chi connectivity index (χ4n) is 0.542. The highest BCUT2D eigenvalue weighted by molar-refractivity contribution is 5.85. The summed E-state index contributed by atoms with van der Waals surface area (Å²) in [4.78, 5) is 3.82. The van der Waals surface area contributed by atoms with Crippen LogP contribution in [0.2, 0.25) is 0 Å². The average Bonchev–Trinajstić information content (AvgIpc) is 2.34. The normalized spacial score (nSPS) is 12.3. The Hall–Kier alpha value is -0.650. The summed E-state index contributed by atoms with van der Waals surface area (Å²) in [6.07, 6.45) is 0. The second-order valence-electron chi connectivity index (χ2n) is 1.97. The molecule has 0 fully saturated rings. The van der Waals surface area contributed by atoms with E-state index in [0.29, 0.717) is 5.82 Å². The van der Waals surface area contributed by atoms with E-state index >= 15 is 0 Å². The molecule has 11 heavy (non-hydrogen) atoms.